The van der Waals surface area contributed by atoms with Gasteiger partial charge in [-0.2, -0.15) is 0 Å². The number of carbonyl (C=O) groups is 1. The molecule has 0 heterocycles. The van der Waals surface area contributed by atoms with Crippen LogP contribution in [0.15, 0.2) is 18.2 Å². The fourth-order valence-electron chi connectivity index (χ4n) is 1.65. The first-order valence-electron chi connectivity index (χ1n) is 5.38. The molecule has 88 valence electrons. The summed E-state index contributed by atoms with van der Waals surface area (Å²) in [4.78, 5) is 11.2. The van der Waals surface area contributed by atoms with Crippen molar-refractivity contribution in [2.75, 3.05) is 6.54 Å². The summed E-state index contributed by atoms with van der Waals surface area (Å²) < 4.78 is 0. The summed E-state index contributed by atoms with van der Waals surface area (Å²) in [6.07, 6.45) is 0.479. The van der Waals surface area contributed by atoms with Crippen molar-refractivity contribution >= 4 is 5.97 Å². The predicted molar refractivity (Wildman–Crippen MR) is 64.4 cm³/mol. The Hall–Kier alpha value is -1.35. The smallest absolute Gasteiger partial charge is 0.310 e. The molecule has 0 fully saturated rings. The standard InChI is InChI=1S/C13H19NO2/c1-9-4-5-10(2)11(6-9)7-13(3,8-14)12(15)16/h4-6H,7-8,14H2,1-3H3,(H,15,16). The van der Waals surface area contributed by atoms with E-state index in [0.717, 1.165) is 16.7 Å². The van der Waals surface area contributed by atoms with Crippen LogP contribution < -0.4 is 5.73 Å². The van der Waals surface area contributed by atoms with E-state index in [9.17, 15) is 9.90 Å². The van der Waals surface area contributed by atoms with Crippen LogP contribution in [-0.4, -0.2) is 17.6 Å². The molecule has 0 aliphatic carbocycles. The molecule has 3 N–H and O–H groups in total. The zero-order chi connectivity index (χ0) is 12.3. The molecule has 0 aliphatic heterocycles. The van der Waals surface area contributed by atoms with Gasteiger partial charge in [0.15, 0.2) is 0 Å². The highest BCUT2D eigenvalue weighted by Crippen LogP contribution is 2.24. The van der Waals surface area contributed by atoms with Gasteiger partial charge in [-0.15, -0.1) is 0 Å². The van der Waals surface area contributed by atoms with Crippen molar-refractivity contribution in [3.63, 3.8) is 0 Å². The molecule has 0 radical (unpaired) electrons. The summed E-state index contributed by atoms with van der Waals surface area (Å²) in [6.45, 7) is 5.84. The van der Waals surface area contributed by atoms with Crippen LogP contribution in [-0.2, 0) is 11.2 Å². The van der Waals surface area contributed by atoms with Gasteiger partial charge in [0.25, 0.3) is 0 Å². The summed E-state index contributed by atoms with van der Waals surface area (Å²) in [7, 11) is 0. The summed E-state index contributed by atoms with van der Waals surface area (Å²) >= 11 is 0. The van der Waals surface area contributed by atoms with Gasteiger partial charge in [0, 0.05) is 6.54 Å². The van der Waals surface area contributed by atoms with E-state index in [1.54, 1.807) is 6.92 Å². The van der Waals surface area contributed by atoms with Crippen LogP contribution in [0.4, 0.5) is 0 Å². The van der Waals surface area contributed by atoms with Gasteiger partial charge in [0.2, 0.25) is 0 Å². The average molecular weight is 221 g/mol. The van der Waals surface area contributed by atoms with Gasteiger partial charge in [-0.1, -0.05) is 23.8 Å². The lowest BCUT2D eigenvalue weighted by Crippen LogP contribution is -2.37. The van der Waals surface area contributed by atoms with Crippen molar-refractivity contribution in [2.45, 2.75) is 27.2 Å². The lowest BCUT2D eigenvalue weighted by Gasteiger charge is -2.23. The SMILES string of the molecule is Cc1ccc(C)c(CC(C)(CN)C(=O)O)c1. The van der Waals surface area contributed by atoms with Crippen LogP contribution in [0.25, 0.3) is 0 Å². The number of benzene rings is 1. The van der Waals surface area contributed by atoms with E-state index >= 15 is 0 Å². The molecule has 3 heteroatoms. The molecule has 1 unspecified atom stereocenters. The van der Waals surface area contributed by atoms with Crippen LogP contribution in [0, 0.1) is 19.3 Å². The monoisotopic (exact) mass is 221 g/mol. The first-order valence-corrected chi connectivity index (χ1v) is 5.38. The fourth-order valence-corrected chi connectivity index (χ4v) is 1.65. The van der Waals surface area contributed by atoms with Gasteiger partial charge < -0.3 is 10.8 Å². The number of hydrogen-bond acceptors (Lipinski definition) is 2. The molecule has 16 heavy (non-hydrogen) atoms. The van der Waals surface area contributed by atoms with Gasteiger partial charge >= 0.3 is 5.97 Å². The van der Waals surface area contributed by atoms with Crippen molar-refractivity contribution in [1.29, 1.82) is 0 Å². The van der Waals surface area contributed by atoms with Crippen LogP contribution in [0.3, 0.4) is 0 Å². The normalized spacial score (nSPS) is 14.5. The molecule has 0 saturated heterocycles. The highest BCUT2D eigenvalue weighted by atomic mass is 16.4. The van der Waals surface area contributed by atoms with Crippen molar-refractivity contribution in [3.05, 3.63) is 34.9 Å². The Balaban J connectivity index is 3.03. The molecular weight excluding hydrogens is 202 g/mol. The number of carboxylic acids is 1. The average Bonchev–Trinajstić information content (AvgIpc) is 2.23. The molecule has 1 aromatic rings. The van der Waals surface area contributed by atoms with Crippen molar-refractivity contribution in [3.8, 4) is 0 Å². The summed E-state index contributed by atoms with van der Waals surface area (Å²) in [5.74, 6) is -0.837. The molecule has 0 aliphatic rings. The largest absolute Gasteiger partial charge is 0.481 e. The lowest BCUT2D eigenvalue weighted by atomic mass is 9.82. The zero-order valence-electron chi connectivity index (χ0n) is 10.1. The third-order valence-electron chi connectivity index (χ3n) is 3.05. The molecule has 1 atom stereocenters. The predicted octanol–water partition coefficient (Wildman–Crippen LogP) is 1.90. The summed E-state index contributed by atoms with van der Waals surface area (Å²) in [5.41, 5.74) is 8.01. The lowest BCUT2D eigenvalue weighted by molar-refractivity contribution is -0.147. The van der Waals surface area contributed by atoms with Gasteiger partial charge in [-0.3, -0.25) is 4.79 Å². The highest BCUT2D eigenvalue weighted by Gasteiger charge is 2.32. The Morgan fingerprint density at radius 3 is 2.56 bits per heavy atom. The number of carboxylic acid groups (broad SMARTS) is 1. The van der Waals surface area contributed by atoms with Gasteiger partial charge in [0.05, 0.1) is 5.41 Å². The summed E-state index contributed by atoms with van der Waals surface area (Å²) in [5, 5.41) is 9.17. The van der Waals surface area contributed by atoms with Crippen LogP contribution in [0.2, 0.25) is 0 Å². The molecule has 0 spiro atoms. The molecular formula is C13H19NO2. The third-order valence-corrected chi connectivity index (χ3v) is 3.05. The number of aliphatic carboxylic acids is 1. The van der Waals surface area contributed by atoms with E-state index in [2.05, 4.69) is 0 Å². The van der Waals surface area contributed by atoms with E-state index in [1.165, 1.54) is 0 Å². The minimum Gasteiger partial charge on any atom is -0.481 e. The van der Waals surface area contributed by atoms with E-state index in [-0.39, 0.29) is 6.54 Å². The van der Waals surface area contributed by atoms with E-state index in [4.69, 9.17) is 5.73 Å². The minimum absolute atomic E-state index is 0.149. The maximum atomic E-state index is 11.2. The molecule has 1 rings (SSSR count). The maximum Gasteiger partial charge on any atom is 0.310 e. The molecule has 0 amide bonds. The van der Waals surface area contributed by atoms with E-state index < -0.39 is 11.4 Å². The first kappa shape index (κ1) is 12.7. The molecule has 0 bridgehead atoms. The highest BCUT2D eigenvalue weighted by molar-refractivity contribution is 5.75. The fraction of sp³-hybridized carbons (Fsp3) is 0.462. The topological polar surface area (TPSA) is 63.3 Å². The van der Waals surface area contributed by atoms with Gasteiger partial charge in [-0.25, -0.2) is 0 Å². The second-order valence-corrected chi connectivity index (χ2v) is 4.68. The number of aryl methyl sites for hydroxylation is 2. The van der Waals surface area contributed by atoms with Gasteiger partial charge in [-0.05, 0) is 38.3 Å². The van der Waals surface area contributed by atoms with E-state index in [1.807, 2.05) is 32.0 Å². The third kappa shape index (κ3) is 2.61. The number of rotatable bonds is 4. The molecule has 1 aromatic carbocycles. The number of hydrogen-bond donors (Lipinski definition) is 2. The molecule has 0 saturated carbocycles. The Morgan fingerprint density at radius 1 is 1.44 bits per heavy atom. The second kappa shape index (κ2) is 4.66. The Labute approximate surface area is 96.3 Å². The van der Waals surface area contributed by atoms with Crippen LogP contribution >= 0.6 is 0 Å². The Bertz CT molecular complexity index is 401. The first-order chi connectivity index (χ1) is 7.39. The summed E-state index contributed by atoms with van der Waals surface area (Å²) in [6, 6.07) is 6.08. The number of nitrogens with two attached hydrogens (primary N) is 1. The molecule has 3 nitrogen and oxygen atoms in total. The van der Waals surface area contributed by atoms with Crippen molar-refractivity contribution in [2.24, 2.45) is 11.1 Å². The minimum atomic E-state index is -0.876. The Morgan fingerprint density at radius 2 is 2.06 bits per heavy atom. The van der Waals surface area contributed by atoms with Crippen molar-refractivity contribution < 1.29 is 9.90 Å². The van der Waals surface area contributed by atoms with Crippen LogP contribution in [0.5, 0.6) is 0 Å². The zero-order valence-corrected chi connectivity index (χ0v) is 10.1. The second-order valence-electron chi connectivity index (χ2n) is 4.68. The quantitative estimate of drug-likeness (QED) is 0.816. The van der Waals surface area contributed by atoms with Crippen LogP contribution in [0.1, 0.15) is 23.6 Å². The Kier molecular flexibility index (Phi) is 3.70. The van der Waals surface area contributed by atoms with Crippen molar-refractivity contribution in [1.82, 2.24) is 0 Å². The molecule has 0 aromatic heterocycles. The van der Waals surface area contributed by atoms with Gasteiger partial charge in [0.1, 0.15) is 0 Å². The maximum absolute atomic E-state index is 11.2. The van der Waals surface area contributed by atoms with E-state index in [0.29, 0.717) is 6.42 Å².